The standard InChI is InChI=1S/C18H21NO4/c1-3-13-23-15-9-7-14(8-10-15)16(20)19(2)18(17(21)22)11-5-4-6-12-18/h1,7-10H,4-6,11-13H2,2H3,(H,21,22). The molecule has 1 amide bonds. The highest BCUT2D eigenvalue weighted by Gasteiger charge is 2.45. The van der Waals surface area contributed by atoms with Crippen LogP contribution in [0.1, 0.15) is 42.5 Å². The topological polar surface area (TPSA) is 66.8 Å². The fourth-order valence-corrected chi connectivity index (χ4v) is 3.04. The van der Waals surface area contributed by atoms with Crippen LogP contribution in [0.5, 0.6) is 5.75 Å². The molecule has 0 aromatic heterocycles. The van der Waals surface area contributed by atoms with E-state index >= 15 is 0 Å². The molecule has 2 rings (SSSR count). The van der Waals surface area contributed by atoms with Gasteiger partial charge in [-0.3, -0.25) is 4.79 Å². The van der Waals surface area contributed by atoms with Crippen molar-refractivity contribution in [1.29, 1.82) is 0 Å². The minimum absolute atomic E-state index is 0.162. The molecule has 0 aliphatic heterocycles. The second-order valence-corrected chi connectivity index (χ2v) is 5.78. The van der Waals surface area contributed by atoms with Crippen LogP contribution in [-0.4, -0.2) is 41.1 Å². The van der Waals surface area contributed by atoms with Crippen LogP contribution in [0.2, 0.25) is 0 Å². The number of rotatable bonds is 5. The Kier molecular flexibility index (Phi) is 5.28. The van der Waals surface area contributed by atoms with Gasteiger partial charge in [0.25, 0.3) is 5.91 Å². The van der Waals surface area contributed by atoms with E-state index in [2.05, 4.69) is 5.92 Å². The molecule has 1 aliphatic carbocycles. The number of carbonyl (C=O) groups is 2. The fraction of sp³-hybridized carbons (Fsp3) is 0.444. The zero-order chi connectivity index (χ0) is 16.9. The van der Waals surface area contributed by atoms with E-state index in [1.807, 2.05) is 0 Å². The highest BCUT2D eigenvalue weighted by molar-refractivity contribution is 5.97. The molecule has 1 saturated carbocycles. The molecule has 1 aromatic carbocycles. The summed E-state index contributed by atoms with van der Waals surface area (Å²) in [6, 6.07) is 6.57. The number of carboxylic acid groups (broad SMARTS) is 1. The lowest BCUT2D eigenvalue weighted by Gasteiger charge is -2.41. The predicted octanol–water partition coefficient (Wildman–Crippen LogP) is 2.56. The van der Waals surface area contributed by atoms with Crippen LogP contribution >= 0.6 is 0 Å². The number of carbonyl (C=O) groups excluding carboxylic acids is 1. The van der Waals surface area contributed by atoms with Crippen LogP contribution in [0.15, 0.2) is 24.3 Å². The van der Waals surface area contributed by atoms with Crippen molar-refractivity contribution in [3.63, 3.8) is 0 Å². The van der Waals surface area contributed by atoms with Gasteiger partial charge in [0.05, 0.1) is 0 Å². The number of likely N-dealkylation sites (N-methyl/N-ethyl adjacent to an activating group) is 1. The maximum atomic E-state index is 12.7. The average Bonchev–Trinajstić information content (AvgIpc) is 2.59. The van der Waals surface area contributed by atoms with E-state index in [-0.39, 0.29) is 12.5 Å². The highest BCUT2D eigenvalue weighted by Crippen LogP contribution is 2.34. The summed E-state index contributed by atoms with van der Waals surface area (Å²) in [4.78, 5) is 25.8. The van der Waals surface area contributed by atoms with E-state index in [4.69, 9.17) is 11.2 Å². The van der Waals surface area contributed by atoms with Crippen LogP contribution in [0.25, 0.3) is 0 Å². The molecule has 0 radical (unpaired) electrons. The minimum Gasteiger partial charge on any atom is -0.481 e. The number of carboxylic acids is 1. The molecule has 0 saturated heterocycles. The minimum atomic E-state index is -1.10. The second-order valence-electron chi connectivity index (χ2n) is 5.78. The maximum absolute atomic E-state index is 12.7. The molecule has 1 fully saturated rings. The first-order valence-corrected chi connectivity index (χ1v) is 7.69. The van der Waals surface area contributed by atoms with Gasteiger partial charge in [-0.2, -0.15) is 0 Å². The molecule has 1 aromatic rings. The molecule has 122 valence electrons. The van der Waals surface area contributed by atoms with E-state index in [0.717, 1.165) is 19.3 Å². The van der Waals surface area contributed by atoms with Gasteiger partial charge in [-0.25, -0.2) is 4.79 Å². The molecular weight excluding hydrogens is 294 g/mol. The Labute approximate surface area is 136 Å². The van der Waals surface area contributed by atoms with Crippen LogP contribution in [0.4, 0.5) is 0 Å². The van der Waals surface area contributed by atoms with E-state index in [9.17, 15) is 14.7 Å². The van der Waals surface area contributed by atoms with Gasteiger partial charge < -0.3 is 14.7 Å². The Bertz CT molecular complexity index is 609. The Hall–Kier alpha value is -2.48. The van der Waals surface area contributed by atoms with E-state index in [1.165, 1.54) is 4.90 Å². The van der Waals surface area contributed by atoms with Crippen molar-refractivity contribution in [2.24, 2.45) is 0 Å². The summed E-state index contributed by atoms with van der Waals surface area (Å²) >= 11 is 0. The number of benzene rings is 1. The van der Waals surface area contributed by atoms with E-state index in [0.29, 0.717) is 24.2 Å². The normalized spacial score (nSPS) is 16.2. The zero-order valence-electron chi connectivity index (χ0n) is 13.2. The molecule has 1 aliphatic rings. The largest absolute Gasteiger partial charge is 0.481 e. The number of amides is 1. The molecule has 0 unspecified atom stereocenters. The van der Waals surface area contributed by atoms with Crippen LogP contribution in [0, 0.1) is 12.3 Å². The van der Waals surface area contributed by atoms with Gasteiger partial charge in [-0.05, 0) is 37.1 Å². The van der Waals surface area contributed by atoms with Crippen molar-refractivity contribution in [3.8, 4) is 18.1 Å². The average molecular weight is 315 g/mol. The van der Waals surface area contributed by atoms with Gasteiger partial charge in [-0.15, -0.1) is 6.42 Å². The zero-order valence-corrected chi connectivity index (χ0v) is 13.2. The molecule has 0 bridgehead atoms. The van der Waals surface area contributed by atoms with Gasteiger partial charge in [-0.1, -0.05) is 25.2 Å². The van der Waals surface area contributed by atoms with Crippen molar-refractivity contribution in [2.75, 3.05) is 13.7 Å². The number of nitrogens with zero attached hydrogens (tertiary/aromatic N) is 1. The molecule has 0 atom stereocenters. The predicted molar refractivity (Wildman–Crippen MR) is 86.3 cm³/mol. The highest BCUT2D eigenvalue weighted by atomic mass is 16.5. The van der Waals surface area contributed by atoms with E-state index in [1.54, 1.807) is 31.3 Å². The smallest absolute Gasteiger partial charge is 0.329 e. The lowest BCUT2D eigenvalue weighted by Crippen LogP contribution is -2.56. The summed E-state index contributed by atoms with van der Waals surface area (Å²) < 4.78 is 5.27. The van der Waals surface area contributed by atoms with Crippen molar-refractivity contribution in [2.45, 2.75) is 37.6 Å². The van der Waals surface area contributed by atoms with Gasteiger partial charge in [0.2, 0.25) is 0 Å². The number of ether oxygens (including phenoxy) is 1. The van der Waals surface area contributed by atoms with Crippen molar-refractivity contribution >= 4 is 11.9 Å². The number of hydrogen-bond donors (Lipinski definition) is 1. The molecule has 0 spiro atoms. The quantitative estimate of drug-likeness (QED) is 0.848. The SMILES string of the molecule is C#CCOc1ccc(C(=O)N(C)C2(C(=O)O)CCCCC2)cc1. The Balaban J connectivity index is 2.17. The fourth-order valence-electron chi connectivity index (χ4n) is 3.04. The van der Waals surface area contributed by atoms with Crippen molar-refractivity contribution in [1.82, 2.24) is 4.90 Å². The summed E-state index contributed by atoms with van der Waals surface area (Å²) in [5, 5.41) is 9.66. The van der Waals surface area contributed by atoms with Gasteiger partial charge in [0, 0.05) is 12.6 Å². The second kappa shape index (κ2) is 7.19. The van der Waals surface area contributed by atoms with Gasteiger partial charge in [0.1, 0.15) is 17.9 Å². The van der Waals surface area contributed by atoms with Crippen molar-refractivity contribution in [3.05, 3.63) is 29.8 Å². The lowest BCUT2D eigenvalue weighted by atomic mass is 9.80. The molecule has 1 N–H and O–H groups in total. The lowest BCUT2D eigenvalue weighted by molar-refractivity contribution is -0.151. The van der Waals surface area contributed by atoms with Crippen LogP contribution in [-0.2, 0) is 4.79 Å². The van der Waals surface area contributed by atoms with Crippen LogP contribution in [0.3, 0.4) is 0 Å². The third kappa shape index (κ3) is 3.48. The Morgan fingerprint density at radius 3 is 2.39 bits per heavy atom. The third-order valence-electron chi connectivity index (χ3n) is 4.45. The summed E-state index contributed by atoms with van der Waals surface area (Å²) in [5.41, 5.74) is -0.666. The number of hydrogen-bond acceptors (Lipinski definition) is 3. The van der Waals surface area contributed by atoms with E-state index < -0.39 is 11.5 Å². The first kappa shape index (κ1) is 16.9. The number of aliphatic carboxylic acids is 1. The van der Waals surface area contributed by atoms with Crippen LogP contribution < -0.4 is 4.74 Å². The molecule has 0 heterocycles. The monoisotopic (exact) mass is 315 g/mol. The Morgan fingerprint density at radius 2 is 1.87 bits per heavy atom. The number of terminal acetylenes is 1. The maximum Gasteiger partial charge on any atom is 0.329 e. The molecule has 5 nitrogen and oxygen atoms in total. The molecular formula is C18H21NO4. The summed E-state index contributed by atoms with van der Waals surface area (Å²) in [5.74, 6) is 1.72. The summed E-state index contributed by atoms with van der Waals surface area (Å²) in [6.45, 7) is 0.162. The molecule has 5 heteroatoms. The first-order valence-electron chi connectivity index (χ1n) is 7.69. The summed E-state index contributed by atoms with van der Waals surface area (Å²) in [6.07, 6.45) is 8.77. The molecule has 23 heavy (non-hydrogen) atoms. The Morgan fingerprint density at radius 1 is 1.26 bits per heavy atom. The first-order chi connectivity index (χ1) is 11.0. The summed E-state index contributed by atoms with van der Waals surface area (Å²) in [7, 11) is 1.57. The van der Waals surface area contributed by atoms with Gasteiger partial charge >= 0.3 is 5.97 Å². The third-order valence-corrected chi connectivity index (χ3v) is 4.45. The van der Waals surface area contributed by atoms with Crippen molar-refractivity contribution < 1.29 is 19.4 Å². The van der Waals surface area contributed by atoms with Gasteiger partial charge in [0.15, 0.2) is 0 Å².